The Bertz CT molecular complexity index is 369. The van der Waals surface area contributed by atoms with Crippen molar-refractivity contribution in [2.75, 3.05) is 18.1 Å². The Morgan fingerprint density at radius 2 is 2.18 bits per heavy atom. The van der Waals surface area contributed by atoms with Crippen LogP contribution >= 0.6 is 11.8 Å². The van der Waals surface area contributed by atoms with E-state index in [1.165, 1.54) is 5.56 Å². The van der Waals surface area contributed by atoms with Crippen LogP contribution in [0.2, 0.25) is 0 Å². The molecule has 0 radical (unpaired) electrons. The molecule has 0 aromatic heterocycles. The second-order valence-corrected chi connectivity index (χ2v) is 5.43. The van der Waals surface area contributed by atoms with Crippen LogP contribution in [-0.4, -0.2) is 40.1 Å². The summed E-state index contributed by atoms with van der Waals surface area (Å²) in [6.45, 7) is 1.84. The maximum absolute atomic E-state index is 10.8. The fraction of sp³-hybridized carbons (Fsp3) is 0.462. The van der Waals surface area contributed by atoms with E-state index >= 15 is 0 Å². The molecule has 0 bridgehead atoms. The van der Waals surface area contributed by atoms with Gasteiger partial charge in [0.15, 0.2) is 0 Å². The van der Waals surface area contributed by atoms with Crippen LogP contribution in [0, 0.1) is 0 Å². The van der Waals surface area contributed by atoms with Crippen LogP contribution < -0.4 is 0 Å². The van der Waals surface area contributed by atoms with E-state index in [0.29, 0.717) is 0 Å². The van der Waals surface area contributed by atoms with Gasteiger partial charge < -0.3 is 5.11 Å². The highest BCUT2D eigenvalue weighted by Gasteiger charge is 2.24. The summed E-state index contributed by atoms with van der Waals surface area (Å²) in [6, 6.07) is 10.4. The first kappa shape index (κ1) is 12.5. The lowest BCUT2D eigenvalue weighted by atomic mass is 10.1. The first-order valence-electron chi connectivity index (χ1n) is 5.83. The van der Waals surface area contributed by atoms with Crippen molar-refractivity contribution in [2.45, 2.75) is 19.0 Å². The molecule has 1 unspecified atom stereocenters. The van der Waals surface area contributed by atoms with Crippen molar-refractivity contribution in [3.63, 3.8) is 0 Å². The van der Waals surface area contributed by atoms with Gasteiger partial charge in [-0.25, -0.2) is 0 Å². The van der Waals surface area contributed by atoms with Crippen LogP contribution in [0.4, 0.5) is 0 Å². The van der Waals surface area contributed by atoms with E-state index in [4.69, 9.17) is 5.11 Å². The van der Waals surface area contributed by atoms with Crippen LogP contribution in [0.15, 0.2) is 30.3 Å². The molecule has 1 aromatic rings. The fourth-order valence-corrected chi connectivity index (χ4v) is 3.24. The molecule has 1 saturated heterocycles. The van der Waals surface area contributed by atoms with Gasteiger partial charge >= 0.3 is 5.97 Å². The lowest BCUT2D eigenvalue weighted by molar-refractivity contribution is -0.138. The number of aliphatic carboxylic acids is 1. The Morgan fingerprint density at radius 3 is 2.88 bits per heavy atom. The molecular formula is C13H17NO2S. The first-order valence-corrected chi connectivity index (χ1v) is 6.98. The Morgan fingerprint density at radius 1 is 1.41 bits per heavy atom. The smallest absolute Gasteiger partial charge is 0.304 e. The number of hydrogen-bond acceptors (Lipinski definition) is 3. The predicted octanol–water partition coefficient (Wildman–Crippen LogP) is 2.08. The first-order chi connectivity index (χ1) is 8.25. The summed E-state index contributed by atoms with van der Waals surface area (Å²) >= 11 is 1.85. The SMILES string of the molecule is O=C(O)CC1CSCCN1Cc1ccccc1. The number of hydrogen-bond donors (Lipinski definition) is 1. The number of carboxylic acids is 1. The number of carboxylic acid groups (broad SMARTS) is 1. The maximum Gasteiger partial charge on any atom is 0.304 e. The quantitative estimate of drug-likeness (QED) is 0.889. The molecule has 1 aliphatic rings. The zero-order chi connectivity index (χ0) is 12.1. The van der Waals surface area contributed by atoms with Crippen molar-refractivity contribution in [2.24, 2.45) is 0 Å². The lowest BCUT2D eigenvalue weighted by Crippen LogP contribution is -2.42. The van der Waals surface area contributed by atoms with Gasteiger partial charge in [0.1, 0.15) is 0 Å². The number of thioether (sulfide) groups is 1. The normalized spacial score (nSPS) is 21.3. The summed E-state index contributed by atoms with van der Waals surface area (Å²) in [5, 5.41) is 8.91. The number of carbonyl (C=O) groups is 1. The van der Waals surface area contributed by atoms with Crippen LogP contribution in [0.1, 0.15) is 12.0 Å². The summed E-state index contributed by atoms with van der Waals surface area (Å²) in [5.74, 6) is 1.33. The molecule has 4 heteroatoms. The highest BCUT2D eigenvalue weighted by molar-refractivity contribution is 7.99. The highest BCUT2D eigenvalue weighted by Crippen LogP contribution is 2.21. The van der Waals surface area contributed by atoms with E-state index in [2.05, 4.69) is 17.0 Å². The van der Waals surface area contributed by atoms with Gasteiger partial charge in [0, 0.05) is 30.6 Å². The summed E-state index contributed by atoms with van der Waals surface area (Å²) in [7, 11) is 0. The third-order valence-electron chi connectivity index (χ3n) is 2.99. The molecule has 1 heterocycles. The summed E-state index contributed by atoms with van der Waals surface area (Å²) in [4.78, 5) is 13.1. The molecule has 0 spiro atoms. The van der Waals surface area contributed by atoms with Crippen LogP contribution in [0.25, 0.3) is 0 Å². The molecule has 1 N–H and O–H groups in total. The van der Waals surface area contributed by atoms with Gasteiger partial charge in [0.05, 0.1) is 6.42 Å². The predicted molar refractivity (Wildman–Crippen MR) is 70.2 cm³/mol. The lowest BCUT2D eigenvalue weighted by Gasteiger charge is -2.34. The monoisotopic (exact) mass is 251 g/mol. The fourth-order valence-electron chi connectivity index (χ4n) is 2.10. The molecule has 1 atom stereocenters. The average Bonchev–Trinajstić information content (AvgIpc) is 2.32. The van der Waals surface area contributed by atoms with Crippen LogP contribution in [0.5, 0.6) is 0 Å². The number of rotatable bonds is 4. The minimum atomic E-state index is -0.699. The van der Waals surface area contributed by atoms with Gasteiger partial charge in [-0.05, 0) is 5.56 Å². The number of nitrogens with zero attached hydrogens (tertiary/aromatic N) is 1. The molecule has 2 rings (SSSR count). The minimum absolute atomic E-state index is 0.173. The minimum Gasteiger partial charge on any atom is -0.481 e. The van der Waals surface area contributed by atoms with E-state index in [1.807, 2.05) is 30.0 Å². The van der Waals surface area contributed by atoms with E-state index in [9.17, 15) is 4.79 Å². The molecule has 17 heavy (non-hydrogen) atoms. The standard InChI is InChI=1S/C13H17NO2S/c15-13(16)8-12-10-17-7-6-14(12)9-11-4-2-1-3-5-11/h1-5,12H,6-10H2,(H,15,16). The summed E-state index contributed by atoms with van der Waals surface area (Å²) in [5.41, 5.74) is 1.26. The second kappa shape index (κ2) is 6.07. The molecule has 0 aliphatic carbocycles. The Labute approximate surface area is 106 Å². The Balaban J connectivity index is 1.99. The average molecular weight is 251 g/mol. The van der Waals surface area contributed by atoms with E-state index < -0.39 is 5.97 Å². The van der Waals surface area contributed by atoms with Gasteiger partial charge in [-0.2, -0.15) is 11.8 Å². The maximum atomic E-state index is 10.8. The van der Waals surface area contributed by atoms with Crippen LogP contribution in [0.3, 0.4) is 0 Å². The van der Waals surface area contributed by atoms with E-state index in [-0.39, 0.29) is 12.5 Å². The largest absolute Gasteiger partial charge is 0.481 e. The van der Waals surface area contributed by atoms with Gasteiger partial charge in [-0.1, -0.05) is 30.3 Å². The van der Waals surface area contributed by atoms with E-state index in [0.717, 1.165) is 24.6 Å². The molecule has 1 aliphatic heterocycles. The molecule has 0 amide bonds. The summed E-state index contributed by atoms with van der Waals surface area (Å²) < 4.78 is 0. The summed E-state index contributed by atoms with van der Waals surface area (Å²) in [6.07, 6.45) is 0.250. The van der Waals surface area contributed by atoms with Crippen molar-refractivity contribution >= 4 is 17.7 Å². The highest BCUT2D eigenvalue weighted by atomic mass is 32.2. The molecule has 1 fully saturated rings. The number of benzene rings is 1. The second-order valence-electron chi connectivity index (χ2n) is 4.28. The van der Waals surface area contributed by atoms with Crippen molar-refractivity contribution in [1.82, 2.24) is 4.90 Å². The van der Waals surface area contributed by atoms with Crippen molar-refractivity contribution in [3.8, 4) is 0 Å². The zero-order valence-electron chi connectivity index (χ0n) is 9.71. The van der Waals surface area contributed by atoms with Gasteiger partial charge in [-0.15, -0.1) is 0 Å². The van der Waals surface area contributed by atoms with E-state index in [1.54, 1.807) is 0 Å². The van der Waals surface area contributed by atoms with Gasteiger partial charge in [-0.3, -0.25) is 9.69 Å². The Kier molecular flexibility index (Phi) is 4.45. The third kappa shape index (κ3) is 3.75. The van der Waals surface area contributed by atoms with Crippen molar-refractivity contribution < 1.29 is 9.90 Å². The van der Waals surface area contributed by atoms with Gasteiger partial charge in [0.2, 0.25) is 0 Å². The zero-order valence-corrected chi connectivity index (χ0v) is 10.5. The molecule has 0 saturated carbocycles. The van der Waals surface area contributed by atoms with Crippen molar-refractivity contribution in [3.05, 3.63) is 35.9 Å². The molecule has 1 aromatic carbocycles. The molecular weight excluding hydrogens is 234 g/mol. The topological polar surface area (TPSA) is 40.5 Å². The molecule has 92 valence electrons. The molecule has 3 nitrogen and oxygen atoms in total. The van der Waals surface area contributed by atoms with Crippen LogP contribution in [-0.2, 0) is 11.3 Å². The Hall–Kier alpha value is -1.00. The van der Waals surface area contributed by atoms with Crippen molar-refractivity contribution in [1.29, 1.82) is 0 Å². The third-order valence-corrected chi connectivity index (χ3v) is 4.08. The van der Waals surface area contributed by atoms with Gasteiger partial charge in [0.25, 0.3) is 0 Å².